The highest BCUT2D eigenvalue weighted by molar-refractivity contribution is 4.99. The van der Waals surface area contributed by atoms with Gasteiger partial charge in [0.1, 0.15) is 0 Å². The Morgan fingerprint density at radius 3 is 3.20 bits per heavy atom. The molecule has 0 aromatic rings. The highest BCUT2D eigenvalue weighted by Crippen LogP contribution is 2.28. The van der Waals surface area contributed by atoms with Crippen molar-refractivity contribution in [2.75, 3.05) is 13.1 Å². The number of hydrogen-bond donors (Lipinski definition) is 1. The molecule has 56 valence electrons. The smallest absolute Gasteiger partial charge is 0.00148 e. The monoisotopic (exact) mass is 137 g/mol. The molecular formula is C9H15N. The summed E-state index contributed by atoms with van der Waals surface area (Å²) in [5.74, 6) is 1.87. The van der Waals surface area contributed by atoms with Gasteiger partial charge in [0.15, 0.2) is 0 Å². The number of piperidine rings is 1. The Balaban J connectivity index is 2.03. The fourth-order valence-corrected chi connectivity index (χ4v) is 2.09. The van der Waals surface area contributed by atoms with Crippen molar-refractivity contribution in [3.05, 3.63) is 12.2 Å². The number of hydrogen-bond acceptors (Lipinski definition) is 1. The average Bonchev–Trinajstić information content (AvgIpc) is 2.05. The number of allylic oxidation sites excluding steroid dienone is 2. The van der Waals surface area contributed by atoms with E-state index >= 15 is 0 Å². The van der Waals surface area contributed by atoms with E-state index in [1.165, 1.54) is 32.4 Å². The van der Waals surface area contributed by atoms with Gasteiger partial charge in [0.2, 0.25) is 0 Å². The lowest BCUT2D eigenvalue weighted by Crippen LogP contribution is -2.36. The molecule has 1 unspecified atom stereocenters. The lowest BCUT2D eigenvalue weighted by atomic mass is 9.80. The van der Waals surface area contributed by atoms with Gasteiger partial charge in [-0.3, -0.25) is 0 Å². The molecule has 0 saturated carbocycles. The van der Waals surface area contributed by atoms with Gasteiger partial charge >= 0.3 is 0 Å². The summed E-state index contributed by atoms with van der Waals surface area (Å²) in [4.78, 5) is 0. The van der Waals surface area contributed by atoms with Crippen LogP contribution in [0.15, 0.2) is 12.2 Å². The minimum absolute atomic E-state index is 0.912. The van der Waals surface area contributed by atoms with Crippen LogP contribution in [-0.2, 0) is 0 Å². The number of rotatable bonds is 0. The first-order valence-electron chi connectivity index (χ1n) is 4.34. The van der Waals surface area contributed by atoms with Crippen LogP contribution in [0.3, 0.4) is 0 Å². The summed E-state index contributed by atoms with van der Waals surface area (Å²) in [6.45, 7) is 2.49. The third kappa shape index (κ3) is 1.10. The average molecular weight is 137 g/mol. The second kappa shape index (κ2) is 2.75. The summed E-state index contributed by atoms with van der Waals surface area (Å²) in [6.07, 6.45) is 8.86. The standard InChI is InChI=1S/C9H15N/c1-2-4-9-7-10-6-5-8(9)3-1/h1,3,8-10H,2,4-7H2/t8?,9-/m0/s1. The maximum Gasteiger partial charge on any atom is -0.00148 e. The zero-order valence-corrected chi connectivity index (χ0v) is 6.34. The fourth-order valence-electron chi connectivity index (χ4n) is 2.09. The zero-order chi connectivity index (χ0) is 6.81. The minimum atomic E-state index is 0.912. The van der Waals surface area contributed by atoms with Crippen molar-refractivity contribution in [2.45, 2.75) is 19.3 Å². The molecule has 1 fully saturated rings. The molecule has 1 nitrogen and oxygen atoms in total. The van der Waals surface area contributed by atoms with E-state index in [0.29, 0.717) is 0 Å². The Morgan fingerprint density at radius 2 is 2.30 bits per heavy atom. The van der Waals surface area contributed by atoms with Crippen molar-refractivity contribution in [3.63, 3.8) is 0 Å². The maximum absolute atomic E-state index is 3.45. The summed E-state index contributed by atoms with van der Waals surface area (Å²) >= 11 is 0. The predicted molar refractivity (Wildman–Crippen MR) is 42.8 cm³/mol. The second-order valence-corrected chi connectivity index (χ2v) is 3.42. The summed E-state index contributed by atoms with van der Waals surface area (Å²) < 4.78 is 0. The second-order valence-electron chi connectivity index (χ2n) is 3.42. The molecule has 1 heteroatoms. The predicted octanol–water partition coefficient (Wildman–Crippen LogP) is 1.56. The molecule has 0 spiro atoms. The van der Waals surface area contributed by atoms with Crippen molar-refractivity contribution in [1.82, 2.24) is 5.32 Å². The van der Waals surface area contributed by atoms with E-state index in [1.54, 1.807) is 0 Å². The van der Waals surface area contributed by atoms with Gasteiger partial charge in [-0.15, -0.1) is 0 Å². The molecule has 2 aliphatic rings. The van der Waals surface area contributed by atoms with Crippen molar-refractivity contribution in [1.29, 1.82) is 0 Å². The van der Waals surface area contributed by atoms with Crippen LogP contribution in [0.4, 0.5) is 0 Å². The Kier molecular flexibility index (Phi) is 1.76. The Bertz CT molecular complexity index is 140. The largest absolute Gasteiger partial charge is 0.316 e. The molecule has 2 atom stereocenters. The Labute approximate surface area is 62.5 Å². The lowest BCUT2D eigenvalue weighted by molar-refractivity contribution is 0.277. The van der Waals surface area contributed by atoms with E-state index in [-0.39, 0.29) is 0 Å². The van der Waals surface area contributed by atoms with Crippen LogP contribution < -0.4 is 5.32 Å². The SMILES string of the molecule is C1=CC2CCNC[C@@H]2CC1. The fraction of sp³-hybridized carbons (Fsp3) is 0.778. The first-order valence-corrected chi connectivity index (χ1v) is 4.34. The number of fused-ring (bicyclic) bond motifs is 1. The van der Waals surface area contributed by atoms with Crippen LogP contribution in [0, 0.1) is 11.8 Å². The first kappa shape index (κ1) is 6.41. The molecule has 0 aromatic carbocycles. The molecule has 2 rings (SSSR count). The van der Waals surface area contributed by atoms with Crippen LogP contribution in [-0.4, -0.2) is 13.1 Å². The molecule has 10 heavy (non-hydrogen) atoms. The molecule has 0 bridgehead atoms. The molecule has 1 N–H and O–H groups in total. The van der Waals surface area contributed by atoms with Crippen LogP contribution >= 0.6 is 0 Å². The molecule has 1 saturated heterocycles. The molecule has 0 amide bonds. The van der Waals surface area contributed by atoms with E-state index in [2.05, 4.69) is 17.5 Å². The van der Waals surface area contributed by atoms with Crippen LogP contribution in [0.1, 0.15) is 19.3 Å². The molecular weight excluding hydrogens is 122 g/mol. The highest BCUT2D eigenvalue weighted by atomic mass is 14.9. The van der Waals surface area contributed by atoms with Crippen LogP contribution in [0.2, 0.25) is 0 Å². The lowest BCUT2D eigenvalue weighted by Gasteiger charge is -2.32. The molecule has 0 radical (unpaired) electrons. The van der Waals surface area contributed by atoms with Gasteiger partial charge in [-0.05, 0) is 44.2 Å². The molecule has 0 aromatic heterocycles. The quantitative estimate of drug-likeness (QED) is 0.500. The van der Waals surface area contributed by atoms with Crippen molar-refractivity contribution < 1.29 is 0 Å². The topological polar surface area (TPSA) is 12.0 Å². The summed E-state index contributed by atoms with van der Waals surface area (Å²) in [7, 11) is 0. The van der Waals surface area contributed by atoms with Gasteiger partial charge in [0.25, 0.3) is 0 Å². The third-order valence-electron chi connectivity index (χ3n) is 2.75. The van der Waals surface area contributed by atoms with Crippen molar-refractivity contribution >= 4 is 0 Å². The normalized spacial score (nSPS) is 39.2. The minimum Gasteiger partial charge on any atom is -0.316 e. The van der Waals surface area contributed by atoms with Crippen LogP contribution in [0.5, 0.6) is 0 Å². The van der Waals surface area contributed by atoms with Crippen molar-refractivity contribution in [2.24, 2.45) is 11.8 Å². The molecule has 1 aliphatic heterocycles. The first-order chi connectivity index (χ1) is 4.97. The number of nitrogens with one attached hydrogen (secondary N) is 1. The Morgan fingerprint density at radius 1 is 1.30 bits per heavy atom. The van der Waals surface area contributed by atoms with Gasteiger partial charge in [-0.1, -0.05) is 12.2 Å². The van der Waals surface area contributed by atoms with E-state index in [9.17, 15) is 0 Å². The van der Waals surface area contributed by atoms with E-state index in [4.69, 9.17) is 0 Å². The third-order valence-corrected chi connectivity index (χ3v) is 2.75. The van der Waals surface area contributed by atoms with Gasteiger partial charge in [-0.2, -0.15) is 0 Å². The van der Waals surface area contributed by atoms with E-state index in [0.717, 1.165) is 11.8 Å². The maximum atomic E-state index is 3.45. The highest BCUT2D eigenvalue weighted by Gasteiger charge is 2.23. The van der Waals surface area contributed by atoms with Gasteiger partial charge < -0.3 is 5.32 Å². The van der Waals surface area contributed by atoms with Gasteiger partial charge in [0.05, 0.1) is 0 Å². The molecule has 1 heterocycles. The summed E-state index contributed by atoms with van der Waals surface area (Å²) in [5, 5.41) is 3.45. The van der Waals surface area contributed by atoms with E-state index in [1.807, 2.05) is 0 Å². The molecule has 1 aliphatic carbocycles. The Hall–Kier alpha value is -0.300. The van der Waals surface area contributed by atoms with Gasteiger partial charge in [0, 0.05) is 0 Å². The van der Waals surface area contributed by atoms with Crippen LogP contribution in [0.25, 0.3) is 0 Å². The van der Waals surface area contributed by atoms with Crippen molar-refractivity contribution in [3.8, 4) is 0 Å². The van der Waals surface area contributed by atoms with Gasteiger partial charge in [-0.25, -0.2) is 0 Å². The summed E-state index contributed by atoms with van der Waals surface area (Å²) in [6, 6.07) is 0. The zero-order valence-electron chi connectivity index (χ0n) is 6.34. The van der Waals surface area contributed by atoms with E-state index < -0.39 is 0 Å². The summed E-state index contributed by atoms with van der Waals surface area (Å²) in [5.41, 5.74) is 0.